The molecule has 1 saturated carbocycles. The molecule has 0 heterocycles. The van der Waals surface area contributed by atoms with Gasteiger partial charge in [0.05, 0.1) is 0 Å². The maximum atomic E-state index is 11.2. The summed E-state index contributed by atoms with van der Waals surface area (Å²) in [6, 6.07) is 1.58. The molecule has 0 unspecified atom stereocenters. The number of nitrogens with zero attached hydrogens (tertiary/aromatic N) is 1. The molecule has 1 aliphatic rings. The molecule has 0 saturated heterocycles. The minimum absolute atomic E-state index is 0.352. The van der Waals surface area contributed by atoms with Gasteiger partial charge < -0.3 is 18.4 Å². The highest BCUT2D eigenvalue weighted by Gasteiger charge is 2.44. The van der Waals surface area contributed by atoms with Gasteiger partial charge in [-0.3, -0.25) is 4.90 Å². The third-order valence-corrected chi connectivity index (χ3v) is 8.54. The standard InChI is InChI=1S/C20H43NO4Si/c1-8-23-26(24-9-2,25-10-3)16-13-19-11-14-20(22,15-12-19)21(17(4)5)18(6)7/h17-19,22H,8-16H2,1-7H3. The van der Waals surface area contributed by atoms with Crippen LogP contribution in [-0.4, -0.2) is 56.4 Å². The van der Waals surface area contributed by atoms with Crippen LogP contribution in [0.3, 0.4) is 0 Å². The first-order valence-corrected chi connectivity index (χ1v) is 12.6. The van der Waals surface area contributed by atoms with Crippen molar-refractivity contribution in [3.05, 3.63) is 0 Å². The van der Waals surface area contributed by atoms with E-state index in [4.69, 9.17) is 13.3 Å². The third-order valence-electron chi connectivity index (χ3n) is 5.45. The molecule has 5 nitrogen and oxygen atoms in total. The summed E-state index contributed by atoms with van der Waals surface area (Å²) < 4.78 is 17.9. The predicted octanol–water partition coefficient (Wildman–Crippen LogP) is 4.42. The molecule has 1 N–H and O–H groups in total. The zero-order valence-corrected chi connectivity index (χ0v) is 19.2. The van der Waals surface area contributed by atoms with Gasteiger partial charge >= 0.3 is 8.80 Å². The Morgan fingerprint density at radius 1 is 0.923 bits per heavy atom. The summed E-state index contributed by atoms with van der Waals surface area (Å²) in [5.74, 6) is 0.615. The first kappa shape index (κ1) is 24.1. The minimum Gasteiger partial charge on any atom is -0.376 e. The molecule has 1 rings (SSSR count). The van der Waals surface area contributed by atoms with Crippen LogP contribution in [0.5, 0.6) is 0 Å². The maximum absolute atomic E-state index is 11.2. The summed E-state index contributed by atoms with van der Waals surface area (Å²) in [7, 11) is -2.55. The average molecular weight is 390 g/mol. The van der Waals surface area contributed by atoms with Crippen molar-refractivity contribution in [3.63, 3.8) is 0 Å². The maximum Gasteiger partial charge on any atom is 0.500 e. The van der Waals surface area contributed by atoms with E-state index in [-0.39, 0.29) is 0 Å². The second-order valence-corrected chi connectivity index (χ2v) is 10.8. The van der Waals surface area contributed by atoms with Gasteiger partial charge in [0, 0.05) is 37.9 Å². The monoisotopic (exact) mass is 389 g/mol. The van der Waals surface area contributed by atoms with E-state index in [0.29, 0.717) is 37.8 Å². The summed E-state index contributed by atoms with van der Waals surface area (Å²) in [6.45, 7) is 16.6. The van der Waals surface area contributed by atoms with Crippen LogP contribution >= 0.6 is 0 Å². The molecule has 0 radical (unpaired) electrons. The second kappa shape index (κ2) is 11.1. The summed E-state index contributed by atoms with van der Waals surface area (Å²) >= 11 is 0. The molecule has 0 bridgehead atoms. The average Bonchev–Trinajstić information content (AvgIpc) is 2.54. The van der Waals surface area contributed by atoms with E-state index in [0.717, 1.165) is 38.1 Å². The smallest absolute Gasteiger partial charge is 0.376 e. The first-order chi connectivity index (χ1) is 12.2. The van der Waals surface area contributed by atoms with Gasteiger partial charge in [-0.1, -0.05) is 0 Å². The predicted molar refractivity (Wildman–Crippen MR) is 109 cm³/mol. The Kier molecular flexibility index (Phi) is 10.3. The molecule has 26 heavy (non-hydrogen) atoms. The Labute approximate surface area is 162 Å². The van der Waals surface area contributed by atoms with Crippen molar-refractivity contribution in [1.82, 2.24) is 4.90 Å². The van der Waals surface area contributed by atoms with Gasteiger partial charge in [-0.05, 0) is 86.5 Å². The number of hydrogen-bond donors (Lipinski definition) is 1. The first-order valence-electron chi connectivity index (χ1n) is 10.7. The van der Waals surface area contributed by atoms with Crippen molar-refractivity contribution in [2.75, 3.05) is 19.8 Å². The number of hydrogen-bond acceptors (Lipinski definition) is 5. The largest absolute Gasteiger partial charge is 0.500 e. The third kappa shape index (κ3) is 6.57. The van der Waals surface area contributed by atoms with Crippen LogP contribution in [0.2, 0.25) is 6.04 Å². The van der Waals surface area contributed by atoms with Gasteiger partial charge in [0.15, 0.2) is 0 Å². The van der Waals surface area contributed by atoms with Crippen molar-refractivity contribution in [3.8, 4) is 0 Å². The van der Waals surface area contributed by atoms with Gasteiger partial charge in [-0.25, -0.2) is 0 Å². The summed E-state index contributed by atoms with van der Waals surface area (Å²) in [5, 5.41) is 11.2. The Hall–Kier alpha value is 0.0169. The van der Waals surface area contributed by atoms with E-state index in [1.165, 1.54) is 0 Å². The van der Waals surface area contributed by atoms with Crippen LogP contribution in [0.4, 0.5) is 0 Å². The molecule has 0 spiro atoms. The van der Waals surface area contributed by atoms with Gasteiger partial charge in [-0.2, -0.15) is 0 Å². The van der Waals surface area contributed by atoms with Crippen molar-refractivity contribution in [2.24, 2.45) is 5.92 Å². The Balaban J connectivity index is 2.64. The number of rotatable bonds is 12. The number of aliphatic hydroxyl groups is 1. The fraction of sp³-hybridized carbons (Fsp3) is 1.00. The summed E-state index contributed by atoms with van der Waals surface area (Å²) in [4.78, 5) is 2.28. The quantitative estimate of drug-likeness (QED) is 0.395. The topological polar surface area (TPSA) is 51.2 Å². The Morgan fingerprint density at radius 3 is 1.69 bits per heavy atom. The molecule has 156 valence electrons. The van der Waals surface area contributed by atoms with E-state index in [1.807, 2.05) is 20.8 Å². The minimum atomic E-state index is -2.55. The molecular weight excluding hydrogens is 346 g/mol. The Morgan fingerprint density at radius 2 is 1.35 bits per heavy atom. The summed E-state index contributed by atoms with van der Waals surface area (Å²) in [6.07, 6.45) is 4.87. The fourth-order valence-electron chi connectivity index (χ4n) is 4.63. The van der Waals surface area contributed by atoms with Crippen molar-refractivity contribution < 1.29 is 18.4 Å². The second-order valence-electron chi connectivity index (χ2n) is 8.04. The molecule has 0 amide bonds. The van der Waals surface area contributed by atoms with E-state index < -0.39 is 14.5 Å². The van der Waals surface area contributed by atoms with Crippen LogP contribution in [0, 0.1) is 5.92 Å². The van der Waals surface area contributed by atoms with Gasteiger partial charge in [0.25, 0.3) is 0 Å². The zero-order valence-electron chi connectivity index (χ0n) is 18.2. The van der Waals surface area contributed by atoms with Crippen molar-refractivity contribution in [1.29, 1.82) is 0 Å². The van der Waals surface area contributed by atoms with Crippen LogP contribution in [-0.2, 0) is 13.3 Å². The van der Waals surface area contributed by atoms with Gasteiger partial charge in [0.2, 0.25) is 0 Å². The van der Waals surface area contributed by atoms with Crippen LogP contribution < -0.4 is 0 Å². The lowest BCUT2D eigenvalue weighted by Crippen LogP contribution is -2.56. The molecule has 0 aliphatic heterocycles. The van der Waals surface area contributed by atoms with Crippen LogP contribution in [0.1, 0.15) is 80.6 Å². The Bertz CT molecular complexity index is 359. The fourth-order valence-corrected chi connectivity index (χ4v) is 7.39. The van der Waals surface area contributed by atoms with E-state index in [9.17, 15) is 5.11 Å². The van der Waals surface area contributed by atoms with E-state index in [1.54, 1.807) is 0 Å². The lowest BCUT2D eigenvalue weighted by Gasteiger charge is -2.48. The highest BCUT2D eigenvalue weighted by molar-refractivity contribution is 6.60. The normalized spacial score (nSPS) is 24.8. The molecule has 0 atom stereocenters. The lowest BCUT2D eigenvalue weighted by molar-refractivity contribution is -0.164. The molecule has 1 fully saturated rings. The van der Waals surface area contributed by atoms with Crippen LogP contribution in [0.15, 0.2) is 0 Å². The van der Waals surface area contributed by atoms with Gasteiger partial charge in [-0.15, -0.1) is 0 Å². The van der Waals surface area contributed by atoms with Crippen molar-refractivity contribution in [2.45, 2.75) is 104 Å². The van der Waals surface area contributed by atoms with Crippen LogP contribution in [0.25, 0.3) is 0 Å². The van der Waals surface area contributed by atoms with E-state index in [2.05, 4.69) is 32.6 Å². The summed E-state index contributed by atoms with van der Waals surface area (Å²) in [5.41, 5.74) is -0.660. The molecule has 1 aliphatic carbocycles. The van der Waals surface area contributed by atoms with Crippen molar-refractivity contribution >= 4 is 8.80 Å². The lowest BCUT2D eigenvalue weighted by atomic mass is 9.80. The molecule has 0 aromatic carbocycles. The van der Waals surface area contributed by atoms with Gasteiger partial charge in [0.1, 0.15) is 5.72 Å². The van der Waals surface area contributed by atoms with E-state index >= 15 is 0 Å². The highest BCUT2D eigenvalue weighted by atomic mass is 28.4. The SMILES string of the molecule is CCO[Si](CCC1CCC(O)(N(C(C)C)C(C)C)CC1)(OCC)OCC. The highest BCUT2D eigenvalue weighted by Crippen LogP contribution is 2.39. The molecular formula is C20H43NO4Si. The molecule has 0 aromatic heterocycles. The molecule has 6 heteroatoms. The molecule has 0 aromatic rings. The zero-order chi connectivity index (χ0) is 19.8.